The van der Waals surface area contributed by atoms with Crippen LogP contribution in [0.1, 0.15) is 16.8 Å². The molecule has 0 bridgehead atoms. The van der Waals surface area contributed by atoms with Gasteiger partial charge in [0, 0.05) is 39.2 Å². The Morgan fingerprint density at radius 3 is 2.85 bits per heavy atom. The minimum Gasteiger partial charge on any atom is -0.397 e. The molecule has 1 aromatic carbocycles. The van der Waals surface area contributed by atoms with E-state index in [1.54, 1.807) is 18.2 Å². The van der Waals surface area contributed by atoms with Crippen molar-refractivity contribution in [3.63, 3.8) is 0 Å². The van der Waals surface area contributed by atoms with Crippen molar-refractivity contribution in [2.45, 2.75) is 12.0 Å². The van der Waals surface area contributed by atoms with Crippen LogP contribution in [0.15, 0.2) is 18.2 Å². The van der Waals surface area contributed by atoms with E-state index < -0.39 is 5.60 Å². The Morgan fingerprint density at radius 1 is 1.55 bits per heavy atom. The van der Waals surface area contributed by atoms with Crippen molar-refractivity contribution in [2.75, 3.05) is 44.5 Å². The Bertz CT molecular complexity index is 496. The summed E-state index contributed by atoms with van der Waals surface area (Å²) in [5.41, 5.74) is 6.85. The lowest BCUT2D eigenvalue weighted by atomic mass is 10.0. The fourth-order valence-corrected chi connectivity index (χ4v) is 2.19. The van der Waals surface area contributed by atoms with Gasteiger partial charge in [0.1, 0.15) is 5.60 Å². The Balaban J connectivity index is 2.00. The predicted molar refractivity (Wildman–Crippen MR) is 77.9 cm³/mol. The van der Waals surface area contributed by atoms with Crippen LogP contribution in [0.4, 0.5) is 11.4 Å². The maximum Gasteiger partial charge on any atom is 0.251 e. The van der Waals surface area contributed by atoms with Crippen LogP contribution >= 0.6 is 0 Å². The maximum atomic E-state index is 12.0. The summed E-state index contributed by atoms with van der Waals surface area (Å²) in [5.74, 6) is -0.248. The first-order valence-electron chi connectivity index (χ1n) is 6.56. The molecule has 1 atom stereocenters. The Hall–Kier alpha value is -1.79. The number of amides is 1. The zero-order valence-electron chi connectivity index (χ0n) is 11.8. The molecule has 1 aliphatic rings. The van der Waals surface area contributed by atoms with E-state index in [1.807, 2.05) is 19.0 Å². The van der Waals surface area contributed by atoms with Crippen molar-refractivity contribution >= 4 is 17.3 Å². The standard InChI is InChI=1S/C14H21N3O3/c1-17(2)12-4-3-10(7-11(12)15)13(18)16-8-14(19)5-6-20-9-14/h3-4,7,19H,5-6,8-9,15H2,1-2H3,(H,16,18). The third-order valence-corrected chi connectivity index (χ3v) is 3.43. The number of nitrogens with two attached hydrogens (primary N) is 1. The number of nitrogens with zero attached hydrogens (tertiary/aromatic N) is 1. The third kappa shape index (κ3) is 3.20. The van der Waals surface area contributed by atoms with Crippen molar-refractivity contribution in [2.24, 2.45) is 0 Å². The molecule has 110 valence electrons. The molecule has 6 heteroatoms. The summed E-state index contributed by atoms with van der Waals surface area (Å²) < 4.78 is 5.13. The van der Waals surface area contributed by atoms with Gasteiger partial charge in [-0.25, -0.2) is 0 Å². The van der Waals surface area contributed by atoms with E-state index in [9.17, 15) is 9.90 Å². The molecule has 1 unspecified atom stereocenters. The summed E-state index contributed by atoms with van der Waals surface area (Å²) in [6.07, 6.45) is 0.537. The van der Waals surface area contributed by atoms with Gasteiger partial charge in [-0.05, 0) is 18.2 Å². The fourth-order valence-electron chi connectivity index (χ4n) is 2.19. The summed E-state index contributed by atoms with van der Waals surface area (Å²) in [5, 5.41) is 12.8. The highest BCUT2D eigenvalue weighted by atomic mass is 16.5. The molecule has 1 fully saturated rings. The van der Waals surface area contributed by atoms with Gasteiger partial charge in [-0.15, -0.1) is 0 Å². The van der Waals surface area contributed by atoms with Crippen LogP contribution in [0.2, 0.25) is 0 Å². The number of hydrogen-bond donors (Lipinski definition) is 3. The quantitative estimate of drug-likeness (QED) is 0.686. The number of carbonyl (C=O) groups excluding carboxylic acids is 1. The molecular weight excluding hydrogens is 258 g/mol. The summed E-state index contributed by atoms with van der Waals surface area (Å²) in [7, 11) is 3.78. The molecular formula is C14H21N3O3. The molecule has 0 radical (unpaired) electrons. The Morgan fingerprint density at radius 2 is 2.30 bits per heavy atom. The van der Waals surface area contributed by atoms with Gasteiger partial charge in [0.25, 0.3) is 5.91 Å². The van der Waals surface area contributed by atoms with E-state index in [4.69, 9.17) is 10.5 Å². The summed E-state index contributed by atoms with van der Waals surface area (Å²) in [6.45, 7) is 0.965. The fraction of sp³-hybridized carbons (Fsp3) is 0.500. The molecule has 1 heterocycles. The van der Waals surface area contributed by atoms with Crippen LogP contribution in [-0.2, 0) is 4.74 Å². The van der Waals surface area contributed by atoms with Gasteiger partial charge in [-0.3, -0.25) is 4.79 Å². The van der Waals surface area contributed by atoms with E-state index in [0.717, 1.165) is 5.69 Å². The third-order valence-electron chi connectivity index (χ3n) is 3.43. The number of nitrogens with one attached hydrogen (secondary N) is 1. The normalized spacial score (nSPS) is 21.8. The number of rotatable bonds is 4. The Kier molecular flexibility index (Phi) is 4.15. The molecule has 1 aromatic rings. The highest BCUT2D eigenvalue weighted by Crippen LogP contribution is 2.22. The molecule has 4 N–H and O–H groups in total. The van der Waals surface area contributed by atoms with E-state index in [-0.39, 0.29) is 19.1 Å². The maximum absolute atomic E-state index is 12.0. The van der Waals surface area contributed by atoms with Gasteiger partial charge in [0.2, 0.25) is 0 Å². The first-order valence-corrected chi connectivity index (χ1v) is 6.56. The molecule has 0 saturated carbocycles. The van der Waals surface area contributed by atoms with Crippen molar-refractivity contribution in [3.8, 4) is 0 Å². The van der Waals surface area contributed by atoms with Crippen LogP contribution in [0, 0.1) is 0 Å². The highest BCUT2D eigenvalue weighted by Gasteiger charge is 2.32. The van der Waals surface area contributed by atoms with E-state index >= 15 is 0 Å². The second-order valence-electron chi connectivity index (χ2n) is 5.38. The van der Waals surface area contributed by atoms with Crippen LogP contribution < -0.4 is 16.0 Å². The first-order chi connectivity index (χ1) is 9.41. The van der Waals surface area contributed by atoms with E-state index in [2.05, 4.69) is 5.32 Å². The van der Waals surface area contributed by atoms with Gasteiger partial charge in [-0.2, -0.15) is 0 Å². The lowest BCUT2D eigenvalue weighted by Crippen LogP contribution is -2.43. The zero-order valence-corrected chi connectivity index (χ0v) is 11.8. The molecule has 0 aliphatic carbocycles. The van der Waals surface area contributed by atoms with Gasteiger partial charge >= 0.3 is 0 Å². The Labute approximate surface area is 118 Å². The van der Waals surface area contributed by atoms with Crippen molar-refractivity contribution in [1.82, 2.24) is 5.32 Å². The summed E-state index contributed by atoms with van der Waals surface area (Å²) in [6, 6.07) is 5.16. The first kappa shape index (κ1) is 14.6. The van der Waals surface area contributed by atoms with Gasteiger partial charge in [0.15, 0.2) is 0 Å². The van der Waals surface area contributed by atoms with Crippen LogP contribution in [-0.4, -0.2) is 50.5 Å². The molecule has 1 amide bonds. The van der Waals surface area contributed by atoms with Crippen molar-refractivity contribution in [1.29, 1.82) is 0 Å². The second kappa shape index (κ2) is 5.68. The second-order valence-corrected chi connectivity index (χ2v) is 5.38. The van der Waals surface area contributed by atoms with Crippen molar-refractivity contribution < 1.29 is 14.6 Å². The topological polar surface area (TPSA) is 87.8 Å². The number of carbonyl (C=O) groups is 1. The van der Waals surface area contributed by atoms with E-state index in [0.29, 0.717) is 24.3 Å². The SMILES string of the molecule is CN(C)c1ccc(C(=O)NCC2(O)CCOC2)cc1N. The number of hydrogen-bond acceptors (Lipinski definition) is 5. The zero-order chi connectivity index (χ0) is 14.8. The molecule has 0 spiro atoms. The van der Waals surface area contributed by atoms with Crippen LogP contribution in [0.3, 0.4) is 0 Å². The van der Waals surface area contributed by atoms with Gasteiger partial charge < -0.3 is 25.8 Å². The minimum absolute atomic E-state index is 0.182. The number of aliphatic hydroxyl groups is 1. The molecule has 1 saturated heterocycles. The molecule has 6 nitrogen and oxygen atoms in total. The van der Waals surface area contributed by atoms with Crippen LogP contribution in [0.25, 0.3) is 0 Å². The molecule has 2 rings (SSSR count). The monoisotopic (exact) mass is 279 g/mol. The number of anilines is 2. The minimum atomic E-state index is -0.954. The summed E-state index contributed by atoms with van der Waals surface area (Å²) >= 11 is 0. The van der Waals surface area contributed by atoms with Gasteiger partial charge in [0.05, 0.1) is 18.0 Å². The van der Waals surface area contributed by atoms with Crippen LogP contribution in [0.5, 0.6) is 0 Å². The van der Waals surface area contributed by atoms with Gasteiger partial charge in [-0.1, -0.05) is 0 Å². The van der Waals surface area contributed by atoms with E-state index in [1.165, 1.54) is 0 Å². The number of ether oxygens (including phenoxy) is 1. The lowest BCUT2D eigenvalue weighted by molar-refractivity contribution is 0.0264. The molecule has 1 aliphatic heterocycles. The average Bonchev–Trinajstić information content (AvgIpc) is 2.83. The number of benzene rings is 1. The smallest absolute Gasteiger partial charge is 0.251 e. The highest BCUT2D eigenvalue weighted by molar-refractivity contribution is 5.96. The van der Waals surface area contributed by atoms with Crippen molar-refractivity contribution in [3.05, 3.63) is 23.8 Å². The largest absolute Gasteiger partial charge is 0.397 e. The lowest BCUT2D eigenvalue weighted by Gasteiger charge is -2.21. The molecule has 20 heavy (non-hydrogen) atoms. The number of nitrogen functional groups attached to an aromatic ring is 1. The molecule has 0 aromatic heterocycles. The average molecular weight is 279 g/mol. The summed E-state index contributed by atoms with van der Waals surface area (Å²) in [4.78, 5) is 13.9. The predicted octanol–water partition coefficient (Wildman–Crippen LogP) is 0.216.